The van der Waals surface area contributed by atoms with Gasteiger partial charge in [-0.15, -0.1) is 11.3 Å². The average molecular weight is 618 g/mol. The van der Waals surface area contributed by atoms with Crippen LogP contribution in [0, 0.1) is 11.3 Å². The van der Waals surface area contributed by atoms with Crippen molar-refractivity contribution in [2.75, 3.05) is 0 Å². The van der Waals surface area contributed by atoms with Crippen LogP contribution in [0.5, 0.6) is 0 Å². The lowest BCUT2D eigenvalue weighted by Gasteiger charge is -2.15. The third-order valence-electron chi connectivity index (χ3n) is 9.19. The molecule has 5 nitrogen and oxygen atoms in total. The fourth-order valence-electron chi connectivity index (χ4n) is 7.17. The number of benzene rings is 6. The lowest BCUT2D eigenvalue weighted by Crippen LogP contribution is -2.04. The Hall–Kier alpha value is -6.29. The normalized spacial score (nSPS) is 11.8. The van der Waals surface area contributed by atoms with Crippen molar-refractivity contribution in [3.05, 3.63) is 145 Å². The molecule has 0 amide bonds. The van der Waals surface area contributed by atoms with Gasteiger partial charge in [-0.05, 0) is 48.5 Å². The van der Waals surface area contributed by atoms with E-state index in [1.54, 1.807) is 11.3 Å². The van der Waals surface area contributed by atoms with E-state index in [9.17, 15) is 5.26 Å². The molecule has 0 saturated heterocycles. The largest absolute Gasteiger partial charge is 0.309 e. The van der Waals surface area contributed by atoms with Gasteiger partial charge < -0.3 is 4.57 Å². The van der Waals surface area contributed by atoms with Crippen molar-refractivity contribution in [2.24, 2.45) is 0 Å². The molecular formula is C41H23N5S. The van der Waals surface area contributed by atoms with Gasteiger partial charge in [-0.2, -0.15) is 5.26 Å². The second-order valence-electron chi connectivity index (χ2n) is 11.7. The summed E-state index contributed by atoms with van der Waals surface area (Å²) in [5.74, 6) is 0.643. The molecule has 0 aliphatic carbocycles. The molecule has 0 radical (unpaired) electrons. The van der Waals surface area contributed by atoms with Crippen LogP contribution in [0.25, 0.3) is 86.8 Å². The first-order valence-corrected chi connectivity index (χ1v) is 16.3. The molecule has 0 N–H and O–H groups in total. The number of thiophene rings is 1. The Balaban J connectivity index is 1.34. The minimum atomic E-state index is 0.643. The summed E-state index contributed by atoms with van der Waals surface area (Å²) in [7, 11) is 0. The molecule has 4 aromatic heterocycles. The molecule has 4 heterocycles. The van der Waals surface area contributed by atoms with Gasteiger partial charge in [0.05, 0.1) is 55.3 Å². The Bertz CT molecular complexity index is 2880. The Morgan fingerprint density at radius 3 is 1.83 bits per heavy atom. The summed E-state index contributed by atoms with van der Waals surface area (Å²) in [6.07, 6.45) is 0. The van der Waals surface area contributed by atoms with Gasteiger partial charge in [0, 0.05) is 37.2 Å². The van der Waals surface area contributed by atoms with Crippen molar-refractivity contribution < 1.29 is 0 Å². The SMILES string of the molecule is N#Cc1ccc2c(c1)c1ccccc1n2-c1ccccc1-c1nc(-n2c3ccccc3c3ccccc32)nc2c1sc1ccccc12. The summed E-state index contributed by atoms with van der Waals surface area (Å²) in [6.45, 7) is 0. The van der Waals surface area contributed by atoms with Crippen LogP contribution in [-0.4, -0.2) is 19.1 Å². The van der Waals surface area contributed by atoms with E-state index in [4.69, 9.17) is 9.97 Å². The summed E-state index contributed by atoms with van der Waals surface area (Å²) in [5, 5.41) is 15.3. The molecule has 0 spiro atoms. The smallest absolute Gasteiger partial charge is 0.235 e. The van der Waals surface area contributed by atoms with Gasteiger partial charge in [-0.1, -0.05) is 91.0 Å². The van der Waals surface area contributed by atoms with Crippen LogP contribution in [0.2, 0.25) is 0 Å². The van der Waals surface area contributed by atoms with Crippen molar-refractivity contribution in [1.82, 2.24) is 19.1 Å². The van der Waals surface area contributed by atoms with Crippen LogP contribution in [0.3, 0.4) is 0 Å². The van der Waals surface area contributed by atoms with Crippen molar-refractivity contribution in [2.45, 2.75) is 0 Å². The predicted octanol–water partition coefficient (Wildman–Crippen LogP) is 10.6. The summed E-state index contributed by atoms with van der Waals surface area (Å²) in [4.78, 5) is 10.8. The fraction of sp³-hybridized carbons (Fsp3) is 0. The summed E-state index contributed by atoms with van der Waals surface area (Å²) in [5.41, 5.74) is 8.79. The van der Waals surface area contributed by atoms with Crippen molar-refractivity contribution in [3.63, 3.8) is 0 Å². The van der Waals surface area contributed by atoms with Crippen LogP contribution in [-0.2, 0) is 0 Å². The van der Waals surface area contributed by atoms with E-state index in [0.717, 1.165) is 65.4 Å². The van der Waals surface area contributed by atoms with Crippen LogP contribution < -0.4 is 0 Å². The molecule has 0 atom stereocenters. The van der Waals surface area contributed by atoms with E-state index in [1.165, 1.54) is 15.5 Å². The van der Waals surface area contributed by atoms with Crippen LogP contribution in [0.4, 0.5) is 0 Å². The molecular weight excluding hydrogens is 595 g/mol. The number of nitrogens with zero attached hydrogens (tertiary/aromatic N) is 5. The maximum absolute atomic E-state index is 9.71. The quantitative estimate of drug-likeness (QED) is 0.198. The Labute approximate surface area is 272 Å². The molecule has 0 bridgehead atoms. The summed E-state index contributed by atoms with van der Waals surface area (Å²) in [6, 6.07) is 50.6. The standard InChI is InChI=1S/C41H23N5S/c42-24-25-21-22-36-31(23-25)28-13-3-6-16-32(28)45(36)35-19-9-4-14-29(35)38-40-39(30-15-5-10-20-37(30)47-40)44-41(43-38)46-33-17-7-1-11-26(33)27-12-2-8-18-34(27)46/h1-23H. The maximum atomic E-state index is 9.71. The third kappa shape index (κ3) is 3.69. The minimum Gasteiger partial charge on any atom is -0.309 e. The number of aromatic nitrogens is 4. The summed E-state index contributed by atoms with van der Waals surface area (Å²) < 4.78 is 6.74. The van der Waals surface area contributed by atoms with Crippen LogP contribution in [0.15, 0.2) is 140 Å². The zero-order valence-corrected chi connectivity index (χ0v) is 25.7. The van der Waals surface area contributed by atoms with Crippen LogP contribution in [0.1, 0.15) is 5.56 Å². The Kier molecular flexibility index (Phi) is 5.45. The second kappa shape index (κ2) is 9.85. The monoisotopic (exact) mass is 617 g/mol. The number of para-hydroxylation sites is 4. The van der Waals surface area contributed by atoms with E-state index in [0.29, 0.717) is 11.5 Å². The van der Waals surface area contributed by atoms with E-state index in [1.807, 2.05) is 12.1 Å². The number of nitriles is 1. The zero-order chi connectivity index (χ0) is 31.1. The van der Waals surface area contributed by atoms with E-state index in [2.05, 4.69) is 143 Å². The molecule has 6 aromatic carbocycles. The zero-order valence-electron chi connectivity index (χ0n) is 24.9. The van der Waals surface area contributed by atoms with E-state index >= 15 is 0 Å². The Morgan fingerprint density at radius 1 is 0.532 bits per heavy atom. The van der Waals surface area contributed by atoms with Gasteiger partial charge in [-0.25, -0.2) is 9.97 Å². The lowest BCUT2D eigenvalue weighted by molar-refractivity contribution is 1.02. The lowest BCUT2D eigenvalue weighted by atomic mass is 10.1. The fourth-order valence-corrected chi connectivity index (χ4v) is 8.32. The number of rotatable bonds is 3. The van der Waals surface area contributed by atoms with Gasteiger partial charge in [-0.3, -0.25) is 4.57 Å². The van der Waals surface area contributed by atoms with Gasteiger partial charge in [0.25, 0.3) is 0 Å². The van der Waals surface area contributed by atoms with Crippen molar-refractivity contribution >= 4 is 75.3 Å². The molecule has 218 valence electrons. The molecule has 0 unspecified atom stereocenters. The van der Waals surface area contributed by atoms with Gasteiger partial charge in [0.15, 0.2) is 0 Å². The average Bonchev–Trinajstić information content (AvgIpc) is 3.79. The first kappa shape index (κ1) is 26.0. The maximum Gasteiger partial charge on any atom is 0.235 e. The molecule has 0 aliphatic rings. The van der Waals surface area contributed by atoms with E-state index < -0.39 is 0 Å². The molecule has 0 aliphatic heterocycles. The van der Waals surface area contributed by atoms with Crippen molar-refractivity contribution in [1.29, 1.82) is 5.26 Å². The second-order valence-corrected chi connectivity index (χ2v) is 12.8. The third-order valence-corrected chi connectivity index (χ3v) is 10.4. The number of fused-ring (bicyclic) bond motifs is 9. The molecule has 6 heteroatoms. The first-order chi connectivity index (χ1) is 23.3. The molecule has 0 saturated carbocycles. The highest BCUT2D eigenvalue weighted by atomic mass is 32.1. The molecule has 47 heavy (non-hydrogen) atoms. The highest BCUT2D eigenvalue weighted by Gasteiger charge is 2.23. The number of hydrogen-bond donors (Lipinski definition) is 0. The summed E-state index contributed by atoms with van der Waals surface area (Å²) >= 11 is 1.73. The molecule has 10 rings (SSSR count). The van der Waals surface area contributed by atoms with Crippen molar-refractivity contribution in [3.8, 4) is 29.0 Å². The van der Waals surface area contributed by atoms with Gasteiger partial charge >= 0.3 is 0 Å². The number of hydrogen-bond acceptors (Lipinski definition) is 4. The highest BCUT2D eigenvalue weighted by Crippen LogP contribution is 2.43. The first-order valence-electron chi connectivity index (χ1n) is 15.5. The topological polar surface area (TPSA) is 59.4 Å². The van der Waals surface area contributed by atoms with Gasteiger partial charge in [0.2, 0.25) is 5.95 Å². The minimum absolute atomic E-state index is 0.643. The van der Waals surface area contributed by atoms with Gasteiger partial charge in [0.1, 0.15) is 0 Å². The van der Waals surface area contributed by atoms with Crippen LogP contribution >= 0.6 is 11.3 Å². The van der Waals surface area contributed by atoms with E-state index in [-0.39, 0.29) is 0 Å². The molecule has 10 aromatic rings. The molecule has 0 fully saturated rings. The highest BCUT2D eigenvalue weighted by molar-refractivity contribution is 7.26. The Morgan fingerprint density at radius 2 is 1.11 bits per heavy atom. The predicted molar refractivity (Wildman–Crippen MR) is 194 cm³/mol.